The van der Waals surface area contributed by atoms with Crippen molar-refractivity contribution in [3.8, 4) is 0 Å². The summed E-state index contributed by atoms with van der Waals surface area (Å²) in [4.78, 5) is 0. The van der Waals surface area contributed by atoms with Gasteiger partial charge in [0.25, 0.3) is 0 Å². The van der Waals surface area contributed by atoms with E-state index in [2.05, 4.69) is 6.58 Å². The van der Waals surface area contributed by atoms with Crippen LogP contribution in [0, 0.1) is 5.92 Å². The molecule has 0 aromatic rings. The van der Waals surface area contributed by atoms with Crippen molar-refractivity contribution >= 4 is 0 Å². The van der Waals surface area contributed by atoms with E-state index in [1.54, 1.807) is 7.11 Å². The van der Waals surface area contributed by atoms with Gasteiger partial charge in [0.1, 0.15) is 5.60 Å². The normalized spacial score (nSPS) is 35.7. The zero-order valence-corrected chi connectivity index (χ0v) is 8.96. The van der Waals surface area contributed by atoms with Crippen molar-refractivity contribution in [3.63, 3.8) is 0 Å². The first kappa shape index (κ1) is 10.2. The second kappa shape index (κ2) is 3.67. The third-order valence-electron chi connectivity index (χ3n) is 3.89. The fourth-order valence-corrected chi connectivity index (χ4v) is 2.75. The molecule has 0 bridgehead atoms. The third kappa shape index (κ3) is 1.51. The Morgan fingerprint density at radius 3 is 2.43 bits per heavy atom. The standard InChI is InChI=1S/C12H20O2/c1-9-8-12(9,14-2)11(13)10-6-4-3-5-7-10/h10-11,13H,1,3-8H2,2H3/t11-,12+/m0/s1. The Labute approximate surface area is 86.0 Å². The van der Waals surface area contributed by atoms with Crippen LogP contribution in [0.3, 0.4) is 0 Å². The van der Waals surface area contributed by atoms with Crippen LogP contribution in [0.1, 0.15) is 38.5 Å². The van der Waals surface area contributed by atoms with Crippen molar-refractivity contribution in [2.45, 2.75) is 50.2 Å². The highest BCUT2D eigenvalue weighted by atomic mass is 16.5. The smallest absolute Gasteiger partial charge is 0.118 e. The van der Waals surface area contributed by atoms with Gasteiger partial charge in [0.15, 0.2) is 0 Å². The SMILES string of the molecule is C=C1C[C@]1(OC)[C@@H](O)C1CCCCC1. The summed E-state index contributed by atoms with van der Waals surface area (Å²) in [6.07, 6.45) is 6.67. The summed E-state index contributed by atoms with van der Waals surface area (Å²) in [7, 11) is 1.68. The first-order valence-electron chi connectivity index (χ1n) is 5.62. The molecule has 2 rings (SSSR count). The molecule has 2 atom stereocenters. The lowest BCUT2D eigenvalue weighted by molar-refractivity contribution is -0.0587. The van der Waals surface area contributed by atoms with Gasteiger partial charge in [-0.2, -0.15) is 0 Å². The topological polar surface area (TPSA) is 29.5 Å². The largest absolute Gasteiger partial charge is 0.389 e. The molecule has 0 aliphatic heterocycles. The fraction of sp³-hybridized carbons (Fsp3) is 0.833. The van der Waals surface area contributed by atoms with Crippen molar-refractivity contribution in [1.82, 2.24) is 0 Å². The Hall–Kier alpha value is -0.340. The van der Waals surface area contributed by atoms with E-state index in [0.717, 1.165) is 24.8 Å². The molecule has 0 amide bonds. The van der Waals surface area contributed by atoms with Crippen LogP contribution in [0.5, 0.6) is 0 Å². The van der Waals surface area contributed by atoms with Gasteiger partial charge in [-0.05, 0) is 24.3 Å². The van der Waals surface area contributed by atoms with E-state index < -0.39 is 0 Å². The van der Waals surface area contributed by atoms with E-state index >= 15 is 0 Å². The molecule has 0 heterocycles. The van der Waals surface area contributed by atoms with Gasteiger partial charge in [-0.3, -0.25) is 0 Å². The molecule has 2 nitrogen and oxygen atoms in total. The molecule has 0 saturated heterocycles. The van der Waals surface area contributed by atoms with E-state index in [0.29, 0.717) is 5.92 Å². The van der Waals surface area contributed by atoms with Gasteiger partial charge in [-0.1, -0.05) is 25.8 Å². The number of rotatable bonds is 3. The summed E-state index contributed by atoms with van der Waals surface area (Å²) in [5.41, 5.74) is 0.695. The maximum Gasteiger partial charge on any atom is 0.118 e. The highest BCUT2D eigenvalue weighted by molar-refractivity contribution is 5.36. The highest BCUT2D eigenvalue weighted by Gasteiger charge is 2.55. The lowest BCUT2D eigenvalue weighted by Crippen LogP contribution is -2.38. The molecule has 2 fully saturated rings. The minimum atomic E-state index is -0.373. The van der Waals surface area contributed by atoms with Gasteiger partial charge in [0.2, 0.25) is 0 Å². The summed E-state index contributed by atoms with van der Waals surface area (Å²) >= 11 is 0. The highest BCUT2D eigenvalue weighted by Crippen LogP contribution is 2.50. The average Bonchev–Trinajstić information content (AvgIpc) is 2.91. The van der Waals surface area contributed by atoms with E-state index in [-0.39, 0.29) is 11.7 Å². The lowest BCUT2D eigenvalue weighted by Gasteiger charge is -2.31. The van der Waals surface area contributed by atoms with Gasteiger partial charge >= 0.3 is 0 Å². The Balaban J connectivity index is 1.99. The molecule has 2 heteroatoms. The lowest BCUT2D eigenvalue weighted by atomic mass is 9.82. The van der Waals surface area contributed by atoms with Gasteiger partial charge in [-0.25, -0.2) is 0 Å². The van der Waals surface area contributed by atoms with Crippen molar-refractivity contribution in [2.75, 3.05) is 7.11 Å². The molecule has 0 radical (unpaired) electrons. The van der Waals surface area contributed by atoms with Crippen LogP contribution < -0.4 is 0 Å². The molecular weight excluding hydrogens is 176 g/mol. The van der Waals surface area contributed by atoms with Crippen LogP contribution in [-0.2, 0) is 4.74 Å². The second-order valence-electron chi connectivity index (χ2n) is 4.72. The minimum absolute atomic E-state index is 0.319. The van der Waals surface area contributed by atoms with E-state index in [1.165, 1.54) is 19.3 Å². The van der Waals surface area contributed by atoms with Crippen molar-refractivity contribution < 1.29 is 9.84 Å². The summed E-state index contributed by atoms with van der Waals surface area (Å²) in [6.45, 7) is 3.92. The summed E-state index contributed by atoms with van der Waals surface area (Å²) in [6, 6.07) is 0. The Bertz CT molecular complexity index is 230. The Morgan fingerprint density at radius 1 is 1.43 bits per heavy atom. The second-order valence-corrected chi connectivity index (χ2v) is 4.72. The molecule has 0 aromatic heterocycles. The van der Waals surface area contributed by atoms with Gasteiger partial charge in [0, 0.05) is 13.5 Å². The number of hydrogen-bond donors (Lipinski definition) is 1. The Kier molecular flexibility index (Phi) is 2.67. The van der Waals surface area contributed by atoms with Gasteiger partial charge < -0.3 is 9.84 Å². The predicted octanol–water partition coefficient (Wildman–Crippen LogP) is 2.27. The van der Waals surface area contributed by atoms with Crippen LogP contribution in [0.4, 0.5) is 0 Å². The zero-order chi connectivity index (χ0) is 10.2. The average molecular weight is 196 g/mol. The van der Waals surface area contributed by atoms with Gasteiger partial charge in [0.05, 0.1) is 6.10 Å². The van der Waals surface area contributed by atoms with Crippen molar-refractivity contribution in [1.29, 1.82) is 0 Å². The molecule has 0 spiro atoms. The van der Waals surface area contributed by atoms with Crippen molar-refractivity contribution in [3.05, 3.63) is 12.2 Å². The summed E-state index contributed by atoms with van der Waals surface area (Å²) < 4.78 is 5.43. The number of methoxy groups -OCH3 is 1. The summed E-state index contributed by atoms with van der Waals surface area (Å²) in [5, 5.41) is 10.2. The molecule has 0 aromatic carbocycles. The van der Waals surface area contributed by atoms with E-state index in [1.807, 2.05) is 0 Å². The molecule has 2 aliphatic rings. The molecule has 80 valence electrons. The first-order chi connectivity index (χ1) is 6.70. The maximum absolute atomic E-state index is 10.2. The molecule has 0 unspecified atom stereocenters. The number of hydrogen-bond acceptors (Lipinski definition) is 2. The minimum Gasteiger partial charge on any atom is -0.389 e. The molecule has 1 N–H and O–H groups in total. The monoisotopic (exact) mass is 196 g/mol. The van der Waals surface area contributed by atoms with E-state index in [9.17, 15) is 5.11 Å². The van der Waals surface area contributed by atoms with Crippen LogP contribution in [0.15, 0.2) is 12.2 Å². The predicted molar refractivity (Wildman–Crippen MR) is 56.1 cm³/mol. The first-order valence-corrected chi connectivity index (χ1v) is 5.62. The number of aliphatic hydroxyl groups excluding tert-OH is 1. The number of ether oxygens (including phenoxy) is 1. The molecule has 2 aliphatic carbocycles. The van der Waals surface area contributed by atoms with Crippen LogP contribution in [-0.4, -0.2) is 23.9 Å². The van der Waals surface area contributed by atoms with Gasteiger partial charge in [-0.15, -0.1) is 0 Å². The molecular formula is C12H20O2. The quantitative estimate of drug-likeness (QED) is 0.702. The molecule has 2 saturated carbocycles. The number of aliphatic hydroxyl groups is 1. The maximum atomic E-state index is 10.2. The van der Waals surface area contributed by atoms with E-state index in [4.69, 9.17) is 4.74 Å². The third-order valence-corrected chi connectivity index (χ3v) is 3.89. The van der Waals surface area contributed by atoms with Crippen LogP contribution >= 0.6 is 0 Å². The fourth-order valence-electron chi connectivity index (χ4n) is 2.75. The molecule has 14 heavy (non-hydrogen) atoms. The summed E-state index contributed by atoms with van der Waals surface area (Å²) in [5.74, 6) is 0.433. The van der Waals surface area contributed by atoms with Crippen LogP contribution in [0.25, 0.3) is 0 Å². The van der Waals surface area contributed by atoms with Crippen molar-refractivity contribution in [2.24, 2.45) is 5.92 Å². The zero-order valence-electron chi connectivity index (χ0n) is 8.96. The Morgan fingerprint density at radius 2 is 2.00 bits per heavy atom. The van der Waals surface area contributed by atoms with Crippen LogP contribution in [0.2, 0.25) is 0 Å².